The van der Waals surface area contributed by atoms with E-state index in [9.17, 15) is 26.4 Å². The van der Waals surface area contributed by atoms with Crippen LogP contribution in [0, 0.1) is 0 Å². The maximum absolute atomic E-state index is 13.8. The van der Waals surface area contributed by atoms with Crippen LogP contribution in [0.5, 0.6) is 5.75 Å². The smallest absolute Gasteiger partial charge is 0.416 e. The number of methoxy groups -OCH3 is 2. The number of nitrogens with one attached hydrogen (secondary N) is 1. The van der Waals surface area contributed by atoms with E-state index < -0.39 is 38.6 Å². The summed E-state index contributed by atoms with van der Waals surface area (Å²) >= 11 is 0. The molecule has 2 aromatic rings. The van der Waals surface area contributed by atoms with Crippen LogP contribution in [0.1, 0.15) is 50.3 Å². The molecule has 0 unspecified atom stereocenters. The third kappa shape index (κ3) is 6.05. The number of nitrogens with zero attached hydrogens (tertiary/aromatic N) is 1. The number of carbonyl (C=O) groups excluding carboxylic acids is 1. The fraction of sp³-hybridized carbons (Fsp3) is 0.480. The van der Waals surface area contributed by atoms with Crippen LogP contribution in [-0.4, -0.2) is 50.5 Å². The van der Waals surface area contributed by atoms with Crippen molar-refractivity contribution in [3.8, 4) is 5.75 Å². The number of carbonyl (C=O) groups is 1. The zero-order valence-electron chi connectivity index (χ0n) is 20.8. The van der Waals surface area contributed by atoms with Gasteiger partial charge in [0.1, 0.15) is 5.75 Å². The number of hydrogen-bond acceptors (Lipinski definition) is 5. The first-order valence-corrected chi connectivity index (χ1v) is 12.9. The van der Waals surface area contributed by atoms with Gasteiger partial charge in [-0.15, -0.1) is 0 Å². The maximum atomic E-state index is 13.8. The van der Waals surface area contributed by atoms with E-state index in [1.54, 1.807) is 24.3 Å². The number of benzene rings is 2. The van der Waals surface area contributed by atoms with Gasteiger partial charge in [-0.25, -0.2) is 13.2 Å². The highest BCUT2D eigenvalue weighted by atomic mass is 32.2. The molecule has 1 aliphatic rings. The summed E-state index contributed by atoms with van der Waals surface area (Å²) in [6.07, 6.45) is -5.07. The molecule has 0 radical (unpaired) electrons. The van der Waals surface area contributed by atoms with Crippen molar-refractivity contribution in [3.63, 3.8) is 0 Å². The molecule has 0 heterocycles. The van der Waals surface area contributed by atoms with Gasteiger partial charge < -0.3 is 14.4 Å². The first-order chi connectivity index (χ1) is 16.7. The Labute approximate surface area is 209 Å². The lowest BCUT2D eigenvalue weighted by Gasteiger charge is -2.47. The average Bonchev–Trinajstić information content (AvgIpc) is 2.75. The van der Waals surface area contributed by atoms with Crippen molar-refractivity contribution in [1.29, 1.82) is 0 Å². The van der Waals surface area contributed by atoms with Crippen molar-refractivity contribution in [2.45, 2.75) is 63.0 Å². The zero-order valence-corrected chi connectivity index (χ0v) is 21.7. The van der Waals surface area contributed by atoms with Gasteiger partial charge in [-0.1, -0.05) is 18.2 Å². The molecule has 11 heteroatoms. The maximum Gasteiger partial charge on any atom is 0.416 e. The number of halogens is 3. The Morgan fingerprint density at radius 3 is 2.17 bits per heavy atom. The van der Waals surface area contributed by atoms with Crippen LogP contribution in [0.2, 0.25) is 0 Å². The zero-order chi connectivity index (χ0) is 26.9. The van der Waals surface area contributed by atoms with Gasteiger partial charge in [0, 0.05) is 18.0 Å². The minimum atomic E-state index is -4.67. The molecule has 0 aromatic heterocycles. The molecule has 1 N–H and O–H groups in total. The van der Waals surface area contributed by atoms with Crippen LogP contribution in [-0.2, 0) is 27.4 Å². The summed E-state index contributed by atoms with van der Waals surface area (Å²) in [5, 5.41) is -0.861. The summed E-state index contributed by atoms with van der Waals surface area (Å²) in [7, 11) is -1.28. The number of anilines is 1. The molecule has 1 fully saturated rings. The molecule has 36 heavy (non-hydrogen) atoms. The van der Waals surface area contributed by atoms with Gasteiger partial charge in [0.2, 0.25) is 10.0 Å². The lowest BCUT2D eigenvalue weighted by molar-refractivity contribution is -0.138. The topological polar surface area (TPSA) is 84.9 Å². The molecule has 0 spiro atoms. The van der Waals surface area contributed by atoms with E-state index in [1.165, 1.54) is 31.3 Å². The van der Waals surface area contributed by atoms with Crippen LogP contribution in [0.4, 0.5) is 23.7 Å². The number of alkyl halides is 3. The summed E-state index contributed by atoms with van der Waals surface area (Å²) in [5.41, 5.74) is -1.22. The molecule has 1 saturated carbocycles. The number of ether oxygens (including phenoxy) is 2. The highest BCUT2D eigenvalue weighted by Gasteiger charge is 2.47. The van der Waals surface area contributed by atoms with Crippen molar-refractivity contribution < 1.29 is 35.9 Å². The summed E-state index contributed by atoms with van der Waals surface area (Å²) in [5.74, 6) is 0.555. The molecule has 1 amide bonds. The number of hydrogen-bond donors (Lipinski definition) is 1. The number of amides is 1. The van der Waals surface area contributed by atoms with Gasteiger partial charge >= 0.3 is 12.3 Å². The van der Waals surface area contributed by atoms with Crippen molar-refractivity contribution in [2.24, 2.45) is 0 Å². The monoisotopic (exact) mass is 528 g/mol. The first-order valence-electron chi connectivity index (χ1n) is 11.4. The molecule has 0 bridgehead atoms. The van der Waals surface area contributed by atoms with Crippen LogP contribution >= 0.6 is 0 Å². The highest BCUT2D eigenvalue weighted by molar-refractivity contribution is 7.93. The predicted octanol–water partition coefficient (Wildman–Crippen LogP) is 5.44. The molecule has 0 aliphatic heterocycles. The lowest BCUT2D eigenvalue weighted by Crippen LogP contribution is -2.59. The van der Waals surface area contributed by atoms with Crippen molar-refractivity contribution in [3.05, 3.63) is 59.2 Å². The minimum absolute atomic E-state index is 0.121. The molecule has 198 valence electrons. The number of sulfonamides is 1. The van der Waals surface area contributed by atoms with E-state index in [-0.39, 0.29) is 36.6 Å². The highest BCUT2D eigenvalue weighted by Crippen LogP contribution is 2.39. The Kier molecular flexibility index (Phi) is 7.83. The summed E-state index contributed by atoms with van der Waals surface area (Å²) in [4.78, 5) is 13.8. The summed E-state index contributed by atoms with van der Waals surface area (Å²) < 4.78 is 80.1. The quantitative estimate of drug-likeness (QED) is 0.517. The molecule has 7 nitrogen and oxygen atoms in total. The summed E-state index contributed by atoms with van der Waals surface area (Å²) in [6, 6.07) is 9.62. The Hall–Kier alpha value is -2.95. The Balaban J connectivity index is 1.87. The fourth-order valence-electron chi connectivity index (χ4n) is 4.39. The predicted molar refractivity (Wildman–Crippen MR) is 131 cm³/mol. The second-order valence-corrected chi connectivity index (χ2v) is 11.7. The molecule has 3 rings (SSSR count). The van der Waals surface area contributed by atoms with E-state index in [4.69, 9.17) is 9.47 Å². The third-order valence-corrected chi connectivity index (χ3v) is 8.01. The Morgan fingerprint density at radius 2 is 1.67 bits per heavy atom. The molecule has 0 atom stereocenters. The van der Waals surface area contributed by atoms with Crippen molar-refractivity contribution in [1.82, 2.24) is 4.90 Å². The van der Waals surface area contributed by atoms with Crippen LogP contribution < -0.4 is 9.46 Å². The largest absolute Gasteiger partial charge is 0.497 e. The Morgan fingerprint density at radius 1 is 1.06 bits per heavy atom. The second-order valence-electron chi connectivity index (χ2n) is 9.76. The molecule has 1 aliphatic carbocycles. The van der Waals surface area contributed by atoms with Gasteiger partial charge in [0.25, 0.3) is 0 Å². The van der Waals surface area contributed by atoms with E-state index in [2.05, 4.69) is 4.72 Å². The van der Waals surface area contributed by atoms with Crippen molar-refractivity contribution >= 4 is 21.8 Å². The molecule has 2 aromatic carbocycles. The van der Waals surface area contributed by atoms with E-state index >= 15 is 0 Å². The molecular weight excluding hydrogens is 497 g/mol. The van der Waals surface area contributed by atoms with Crippen LogP contribution in [0.25, 0.3) is 0 Å². The van der Waals surface area contributed by atoms with Gasteiger partial charge in [-0.05, 0) is 69.0 Å². The van der Waals surface area contributed by atoms with Gasteiger partial charge in [0.15, 0.2) is 0 Å². The third-order valence-electron chi connectivity index (χ3n) is 6.24. The van der Waals surface area contributed by atoms with E-state index in [0.717, 1.165) is 6.07 Å². The van der Waals surface area contributed by atoms with Gasteiger partial charge in [0.05, 0.1) is 30.7 Å². The van der Waals surface area contributed by atoms with E-state index in [1.807, 2.05) is 20.8 Å². The second kappa shape index (κ2) is 10.2. The SMILES string of the molecule is COC(=O)N(C1CC(S(=O)(=O)Nc2cccc(C(F)(F)F)c2Cc2ccc(OC)cc2)C1)C(C)(C)C. The van der Waals surface area contributed by atoms with Gasteiger partial charge in [-0.3, -0.25) is 4.72 Å². The Bertz CT molecular complexity index is 1190. The van der Waals surface area contributed by atoms with Crippen molar-refractivity contribution in [2.75, 3.05) is 18.9 Å². The minimum Gasteiger partial charge on any atom is -0.497 e. The summed E-state index contributed by atoms with van der Waals surface area (Å²) in [6.45, 7) is 5.45. The fourth-order valence-corrected chi connectivity index (χ4v) is 6.01. The molecular formula is C25H31F3N2O5S. The normalized spacial score (nSPS) is 18.2. The van der Waals surface area contributed by atoms with Crippen LogP contribution in [0.3, 0.4) is 0 Å². The number of rotatable bonds is 7. The lowest BCUT2D eigenvalue weighted by atomic mass is 9.87. The van der Waals surface area contributed by atoms with E-state index in [0.29, 0.717) is 11.3 Å². The van der Waals surface area contributed by atoms with Gasteiger partial charge in [-0.2, -0.15) is 13.2 Å². The molecule has 0 saturated heterocycles. The standard InChI is InChI=1S/C25H31F3N2O5S/c1-24(2,3)30(23(31)35-5)17-14-19(15-17)36(32,33)29-22-8-6-7-21(25(26,27)28)20(22)13-16-9-11-18(34-4)12-10-16/h6-12,17,19,29H,13-15H2,1-5H3. The average molecular weight is 529 g/mol. The van der Waals surface area contributed by atoms with Crippen LogP contribution in [0.15, 0.2) is 42.5 Å². The first kappa shape index (κ1) is 27.6.